The van der Waals surface area contributed by atoms with Crippen LogP contribution in [0.5, 0.6) is 11.5 Å². The van der Waals surface area contributed by atoms with E-state index in [-0.39, 0.29) is 6.04 Å². The number of ether oxygens (including phenoxy) is 2. The normalized spacial score (nSPS) is 22.8. The first kappa shape index (κ1) is 22.4. The number of fused-ring (bicyclic) bond motifs is 4. The molecule has 2 N–H and O–H groups in total. The van der Waals surface area contributed by atoms with Crippen LogP contribution < -0.4 is 19.5 Å². The molecule has 3 atom stereocenters. The number of hydrogen-bond donors (Lipinski definition) is 2. The Morgan fingerprint density at radius 3 is 2.34 bits per heavy atom. The molecule has 0 amide bonds. The lowest BCUT2D eigenvalue weighted by Gasteiger charge is -2.23. The van der Waals surface area contributed by atoms with Crippen molar-refractivity contribution in [2.24, 2.45) is 11.8 Å². The van der Waals surface area contributed by atoms with Gasteiger partial charge in [-0.05, 0) is 90.6 Å². The maximum absolute atomic E-state index is 13.0. The molecule has 2 bridgehead atoms. The molecule has 6 nitrogen and oxygen atoms in total. The molecule has 7 heteroatoms. The monoisotopic (exact) mass is 490 g/mol. The topological polar surface area (TPSA) is 76.7 Å². The van der Waals surface area contributed by atoms with Gasteiger partial charge >= 0.3 is 0 Å². The zero-order valence-corrected chi connectivity index (χ0v) is 20.4. The van der Waals surface area contributed by atoms with Gasteiger partial charge in [0.05, 0.1) is 4.90 Å². The Hall–Kier alpha value is -3.03. The summed E-state index contributed by atoms with van der Waals surface area (Å²) in [5.74, 6) is 2.25. The number of anilines is 1. The Labute approximate surface area is 206 Å². The van der Waals surface area contributed by atoms with E-state index in [1.807, 2.05) is 18.2 Å². The van der Waals surface area contributed by atoms with Gasteiger partial charge in [-0.15, -0.1) is 0 Å². The van der Waals surface area contributed by atoms with Crippen molar-refractivity contribution in [3.8, 4) is 11.5 Å². The van der Waals surface area contributed by atoms with Crippen molar-refractivity contribution < 1.29 is 17.9 Å². The molecule has 3 aromatic carbocycles. The Morgan fingerprint density at radius 1 is 0.800 bits per heavy atom. The van der Waals surface area contributed by atoms with Crippen LogP contribution in [0.4, 0.5) is 5.69 Å². The molecular weight excluding hydrogens is 460 g/mol. The molecule has 1 fully saturated rings. The van der Waals surface area contributed by atoms with Crippen LogP contribution in [0.3, 0.4) is 0 Å². The van der Waals surface area contributed by atoms with Crippen molar-refractivity contribution in [3.63, 3.8) is 0 Å². The number of benzene rings is 3. The van der Waals surface area contributed by atoms with Crippen molar-refractivity contribution in [3.05, 3.63) is 83.4 Å². The zero-order valence-electron chi connectivity index (χ0n) is 19.6. The molecule has 1 saturated carbocycles. The van der Waals surface area contributed by atoms with Gasteiger partial charge in [-0.3, -0.25) is 0 Å². The second-order valence-corrected chi connectivity index (χ2v) is 11.5. The highest BCUT2D eigenvalue weighted by molar-refractivity contribution is 7.89. The Balaban J connectivity index is 1.16. The van der Waals surface area contributed by atoms with Crippen LogP contribution in [0, 0.1) is 11.8 Å². The summed E-state index contributed by atoms with van der Waals surface area (Å²) in [6.07, 6.45) is 3.93. The van der Waals surface area contributed by atoms with Gasteiger partial charge in [0.25, 0.3) is 0 Å². The van der Waals surface area contributed by atoms with Crippen LogP contribution >= 0.6 is 0 Å². The molecule has 1 heterocycles. The molecule has 0 spiro atoms. The van der Waals surface area contributed by atoms with Crippen LogP contribution in [-0.4, -0.2) is 27.7 Å². The summed E-state index contributed by atoms with van der Waals surface area (Å²) in [6.45, 7) is 1.87. The fourth-order valence-electron chi connectivity index (χ4n) is 5.76. The van der Waals surface area contributed by atoms with E-state index in [4.69, 9.17) is 9.47 Å². The molecule has 0 aromatic heterocycles. The smallest absolute Gasteiger partial charge is 0.240 e. The first-order valence-corrected chi connectivity index (χ1v) is 13.8. The second-order valence-electron chi connectivity index (χ2n) is 9.78. The van der Waals surface area contributed by atoms with Gasteiger partial charge in [-0.25, -0.2) is 13.1 Å². The third-order valence-corrected chi connectivity index (χ3v) is 9.02. The summed E-state index contributed by atoms with van der Waals surface area (Å²) in [6, 6.07) is 21.3. The average molecular weight is 491 g/mol. The van der Waals surface area contributed by atoms with Crippen molar-refractivity contribution in [1.29, 1.82) is 0 Å². The van der Waals surface area contributed by atoms with Crippen LogP contribution in [0.25, 0.3) is 0 Å². The molecule has 3 unspecified atom stereocenters. The highest BCUT2D eigenvalue weighted by Crippen LogP contribution is 2.41. The van der Waals surface area contributed by atoms with Crippen molar-refractivity contribution in [2.75, 3.05) is 18.5 Å². The van der Waals surface area contributed by atoms with Gasteiger partial charge in [-0.1, -0.05) is 30.3 Å². The molecule has 182 valence electrons. The van der Waals surface area contributed by atoms with Gasteiger partial charge in [-0.2, -0.15) is 0 Å². The third-order valence-electron chi connectivity index (χ3n) is 7.54. The standard InChI is InChI=1S/C28H30N2O4S/c31-35(32,25-4-2-1-3-5-25)30-28-21-7-8-22(28)16-23-17-24(10-9-20(23)15-21)29-18-19-6-11-26-27(14-19)34-13-12-33-26/h1-6,9-11,14,17,21-22,28-30H,7-8,12-13,15-16,18H2. The fraction of sp³-hybridized carbons (Fsp3) is 0.357. The number of nitrogens with one attached hydrogen (secondary N) is 2. The van der Waals surface area contributed by atoms with E-state index >= 15 is 0 Å². The summed E-state index contributed by atoms with van der Waals surface area (Å²) < 4.78 is 40.4. The average Bonchev–Trinajstić information content (AvgIpc) is 3.16. The molecule has 0 radical (unpaired) electrons. The van der Waals surface area contributed by atoms with Crippen molar-refractivity contribution >= 4 is 15.7 Å². The lowest BCUT2D eigenvalue weighted by Crippen LogP contribution is -2.41. The van der Waals surface area contributed by atoms with E-state index in [1.165, 1.54) is 11.1 Å². The molecule has 6 rings (SSSR count). The Bertz CT molecular complexity index is 1330. The number of hydrogen-bond acceptors (Lipinski definition) is 5. The molecule has 2 aliphatic carbocycles. The molecule has 1 aliphatic heterocycles. The third kappa shape index (κ3) is 4.62. The van der Waals surface area contributed by atoms with E-state index < -0.39 is 10.0 Å². The van der Waals surface area contributed by atoms with Gasteiger partial charge in [0.15, 0.2) is 11.5 Å². The summed E-state index contributed by atoms with van der Waals surface area (Å²) in [5.41, 5.74) is 4.88. The zero-order chi connectivity index (χ0) is 23.8. The van der Waals surface area contributed by atoms with Crippen LogP contribution in [0.15, 0.2) is 71.6 Å². The molecule has 35 heavy (non-hydrogen) atoms. The predicted octanol–water partition coefficient (Wildman–Crippen LogP) is 4.54. The number of rotatable bonds is 6. The van der Waals surface area contributed by atoms with E-state index in [1.54, 1.807) is 24.3 Å². The van der Waals surface area contributed by atoms with Gasteiger partial charge in [0.2, 0.25) is 10.0 Å². The summed E-state index contributed by atoms with van der Waals surface area (Å²) in [5, 5.41) is 3.55. The van der Waals surface area contributed by atoms with Gasteiger partial charge in [0.1, 0.15) is 13.2 Å². The van der Waals surface area contributed by atoms with E-state index in [9.17, 15) is 8.42 Å². The van der Waals surface area contributed by atoms with Crippen LogP contribution in [-0.2, 0) is 29.4 Å². The second kappa shape index (κ2) is 9.21. The molecule has 3 aliphatic rings. The SMILES string of the molecule is O=S(=O)(NC1C2CCC1Cc1cc(NCc3ccc4c(c3)OCCO4)ccc1C2)c1ccccc1. The summed E-state index contributed by atoms with van der Waals surface area (Å²) >= 11 is 0. The van der Waals surface area contributed by atoms with Crippen LogP contribution in [0.1, 0.15) is 29.5 Å². The largest absolute Gasteiger partial charge is 0.486 e. The Morgan fingerprint density at radius 2 is 1.54 bits per heavy atom. The van der Waals surface area contributed by atoms with Crippen LogP contribution in [0.2, 0.25) is 0 Å². The van der Waals surface area contributed by atoms with E-state index in [0.717, 1.165) is 48.4 Å². The highest BCUT2D eigenvalue weighted by Gasteiger charge is 2.41. The van der Waals surface area contributed by atoms with Crippen molar-refractivity contribution in [2.45, 2.75) is 43.2 Å². The highest BCUT2D eigenvalue weighted by atomic mass is 32.2. The Kier molecular flexibility index (Phi) is 5.90. The lowest BCUT2D eigenvalue weighted by atomic mass is 9.93. The first-order valence-electron chi connectivity index (χ1n) is 12.4. The van der Waals surface area contributed by atoms with E-state index in [0.29, 0.717) is 36.5 Å². The van der Waals surface area contributed by atoms with Gasteiger partial charge < -0.3 is 14.8 Å². The fourth-order valence-corrected chi connectivity index (χ4v) is 7.16. The van der Waals surface area contributed by atoms with Crippen molar-refractivity contribution in [1.82, 2.24) is 4.72 Å². The quantitative estimate of drug-likeness (QED) is 0.531. The molecule has 3 aromatic rings. The lowest BCUT2D eigenvalue weighted by molar-refractivity contribution is 0.171. The maximum Gasteiger partial charge on any atom is 0.240 e. The first-order chi connectivity index (χ1) is 17.0. The minimum atomic E-state index is -3.52. The van der Waals surface area contributed by atoms with E-state index in [2.05, 4.69) is 34.3 Å². The minimum Gasteiger partial charge on any atom is -0.486 e. The number of sulfonamides is 1. The van der Waals surface area contributed by atoms with Gasteiger partial charge in [0, 0.05) is 18.3 Å². The summed E-state index contributed by atoms with van der Waals surface area (Å²) in [4.78, 5) is 0.340. The maximum atomic E-state index is 13.0. The predicted molar refractivity (Wildman–Crippen MR) is 135 cm³/mol. The molecular formula is C28H30N2O4S. The summed E-state index contributed by atoms with van der Waals surface area (Å²) in [7, 11) is -3.52. The minimum absolute atomic E-state index is 0.0262. The molecule has 0 saturated heterocycles.